The Kier molecular flexibility index (Phi) is 12.1. The summed E-state index contributed by atoms with van der Waals surface area (Å²) in [6.07, 6.45) is 0. The second kappa shape index (κ2) is 11.8. The fourth-order valence-electron chi connectivity index (χ4n) is 0.588. The summed E-state index contributed by atoms with van der Waals surface area (Å²) >= 11 is 7.55. The quantitative estimate of drug-likeness (QED) is 0.290. The van der Waals surface area contributed by atoms with Crippen LogP contribution in [0.2, 0.25) is 0 Å². The largest absolute Gasteiger partial charge is 0.464 e. The van der Waals surface area contributed by atoms with Crippen LogP contribution in [0.15, 0.2) is 0 Å². The van der Waals surface area contributed by atoms with E-state index >= 15 is 0 Å². The van der Waals surface area contributed by atoms with E-state index in [-0.39, 0.29) is 23.4 Å². The molecule has 16 heavy (non-hydrogen) atoms. The van der Waals surface area contributed by atoms with E-state index in [0.717, 1.165) is 0 Å². The molecule has 0 N–H and O–H groups in total. The van der Waals surface area contributed by atoms with Crippen LogP contribution in [0.25, 0.3) is 0 Å². The first-order valence-electron chi connectivity index (χ1n) is 4.48. The van der Waals surface area contributed by atoms with Crippen molar-refractivity contribution in [3.63, 3.8) is 0 Å². The SMILES string of the molecule is O=C(CS)OCCSSCCOC(=O)CS. The van der Waals surface area contributed by atoms with Crippen LogP contribution in [0.1, 0.15) is 0 Å². The second-order valence-electron chi connectivity index (χ2n) is 2.40. The minimum Gasteiger partial charge on any atom is -0.464 e. The maximum atomic E-state index is 10.7. The van der Waals surface area contributed by atoms with Crippen molar-refractivity contribution in [2.45, 2.75) is 0 Å². The molecule has 0 unspecified atom stereocenters. The predicted molar refractivity (Wildman–Crippen MR) is 74.5 cm³/mol. The Hall–Kier alpha value is 0.340. The fourth-order valence-corrected chi connectivity index (χ4v) is 2.42. The van der Waals surface area contributed by atoms with Crippen LogP contribution >= 0.6 is 46.8 Å². The number of carbonyl (C=O) groups excluding carboxylic acids is 2. The van der Waals surface area contributed by atoms with E-state index in [2.05, 4.69) is 25.3 Å². The Morgan fingerprint density at radius 1 is 0.875 bits per heavy atom. The Labute approximate surface area is 114 Å². The summed E-state index contributed by atoms with van der Waals surface area (Å²) in [5, 5.41) is 0. The van der Waals surface area contributed by atoms with Crippen LogP contribution < -0.4 is 0 Å². The molecule has 0 aromatic heterocycles. The van der Waals surface area contributed by atoms with Crippen molar-refractivity contribution in [2.75, 3.05) is 36.2 Å². The van der Waals surface area contributed by atoms with E-state index < -0.39 is 0 Å². The smallest absolute Gasteiger partial charge is 0.315 e. The molecule has 0 heterocycles. The lowest BCUT2D eigenvalue weighted by Crippen LogP contribution is -2.09. The minimum atomic E-state index is -0.309. The summed E-state index contributed by atoms with van der Waals surface area (Å²) in [6, 6.07) is 0. The molecule has 0 atom stereocenters. The van der Waals surface area contributed by atoms with Gasteiger partial charge in [-0.1, -0.05) is 21.6 Å². The highest BCUT2D eigenvalue weighted by Gasteiger charge is 2.00. The van der Waals surface area contributed by atoms with Crippen LogP contribution in [0, 0.1) is 0 Å². The molecule has 8 heteroatoms. The third kappa shape index (κ3) is 10.8. The average molecular weight is 302 g/mol. The van der Waals surface area contributed by atoms with Crippen molar-refractivity contribution in [1.82, 2.24) is 0 Å². The van der Waals surface area contributed by atoms with E-state index in [4.69, 9.17) is 9.47 Å². The van der Waals surface area contributed by atoms with Crippen LogP contribution in [0.5, 0.6) is 0 Å². The number of rotatable bonds is 9. The molecule has 0 bridgehead atoms. The third-order valence-corrected chi connectivity index (χ3v) is 4.05. The first kappa shape index (κ1) is 16.3. The zero-order valence-electron chi connectivity index (χ0n) is 8.59. The van der Waals surface area contributed by atoms with Gasteiger partial charge >= 0.3 is 11.9 Å². The molecule has 0 aromatic rings. The summed E-state index contributed by atoms with van der Waals surface area (Å²) in [5.41, 5.74) is 0. The number of thiol groups is 2. The molecule has 0 aliphatic rings. The summed E-state index contributed by atoms with van der Waals surface area (Å²) < 4.78 is 9.62. The summed E-state index contributed by atoms with van der Waals surface area (Å²) in [5.74, 6) is 1.03. The lowest BCUT2D eigenvalue weighted by molar-refractivity contribution is -0.140. The summed E-state index contributed by atoms with van der Waals surface area (Å²) in [7, 11) is 3.14. The fraction of sp³-hybridized carbons (Fsp3) is 0.750. The highest BCUT2D eigenvalue weighted by molar-refractivity contribution is 8.76. The standard InChI is InChI=1S/C8H14O4S4/c9-7(5-13)11-1-3-15-16-4-2-12-8(10)6-14/h13-14H,1-6H2. The van der Waals surface area contributed by atoms with Gasteiger partial charge in [0.2, 0.25) is 0 Å². The molecular formula is C8H14O4S4. The highest BCUT2D eigenvalue weighted by Crippen LogP contribution is 2.20. The topological polar surface area (TPSA) is 52.6 Å². The van der Waals surface area contributed by atoms with E-state index in [0.29, 0.717) is 24.7 Å². The molecule has 94 valence electrons. The number of carbonyl (C=O) groups is 2. The highest BCUT2D eigenvalue weighted by atomic mass is 33.1. The number of hydrogen-bond donors (Lipinski definition) is 2. The zero-order chi connectivity index (χ0) is 12.2. The van der Waals surface area contributed by atoms with Crippen LogP contribution in [0.3, 0.4) is 0 Å². The van der Waals surface area contributed by atoms with Crippen molar-refractivity contribution >= 4 is 58.8 Å². The molecule has 0 radical (unpaired) electrons. The van der Waals surface area contributed by atoms with E-state index in [1.54, 1.807) is 21.6 Å². The Morgan fingerprint density at radius 2 is 1.25 bits per heavy atom. The van der Waals surface area contributed by atoms with Crippen molar-refractivity contribution < 1.29 is 19.1 Å². The molecular weight excluding hydrogens is 288 g/mol. The van der Waals surface area contributed by atoms with Crippen LogP contribution in [0.4, 0.5) is 0 Å². The summed E-state index contributed by atoms with van der Waals surface area (Å²) in [6.45, 7) is 0.765. The normalized spacial score (nSPS) is 9.88. The van der Waals surface area contributed by atoms with E-state index in [1.807, 2.05) is 0 Å². The van der Waals surface area contributed by atoms with Gasteiger partial charge in [0.25, 0.3) is 0 Å². The average Bonchev–Trinajstić information content (AvgIpc) is 2.31. The van der Waals surface area contributed by atoms with E-state index in [9.17, 15) is 9.59 Å². The van der Waals surface area contributed by atoms with Gasteiger partial charge in [0, 0.05) is 11.5 Å². The number of ether oxygens (including phenoxy) is 2. The van der Waals surface area contributed by atoms with Crippen LogP contribution in [-0.4, -0.2) is 48.2 Å². The van der Waals surface area contributed by atoms with E-state index in [1.165, 1.54) is 0 Å². The van der Waals surface area contributed by atoms with Crippen molar-refractivity contribution in [3.05, 3.63) is 0 Å². The van der Waals surface area contributed by atoms with Gasteiger partial charge in [-0.15, -0.1) is 0 Å². The third-order valence-electron chi connectivity index (χ3n) is 1.20. The molecule has 0 rings (SSSR count). The minimum absolute atomic E-state index is 0.109. The predicted octanol–water partition coefficient (Wildman–Crippen LogP) is 1.31. The molecule has 4 nitrogen and oxygen atoms in total. The molecule has 0 saturated heterocycles. The molecule has 0 spiro atoms. The monoisotopic (exact) mass is 302 g/mol. The Morgan fingerprint density at radius 3 is 1.56 bits per heavy atom. The van der Waals surface area contributed by atoms with Crippen molar-refractivity contribution in [1.29, 1.82) is 0 Å². The maximum Gasteiger partial charge on any atom is 0.315 e. The molecule has 0 fully saturated rings. The Bertz CT molecular complexity index is 190. The molecule has 0 amide bonds. The second-order valence-corrected chi connectivity index (χ2v) is 5.74. The first-order valence-corrected chi connectivity index (χ1v) is 8.23. The molecule has 0 aliphatic heterocycles. The molecule has 0 saturated carbocycles. The summed E-state index contributed by atoms with van der Waals surface area (Å²) in [4.78, 5) is 21.4. The number of esters is 2. The molecule has 0 aliphatic carbocycles. The molecule has 0 aromatic carbocycles. The van der Waals surface area contributed by atoms with Gasteiger partial charge in [-0.05, 0) is 0 Å². The van der Waals surface area contributed by atoms with Gasteiger partial charge in [0.05, 0.1) is 11.5 Å². The number of hydrogen-bond acceptors (Lipinski definition) is 8. The lowest BCUT2D eigenvalue weighted by atomic mass is 10.8. The van der Waals surface area contributed by atoms with Gasteiger partial charge in [-0.3, -0.25) is 9.59 Å². The van der Waals surface area contributed by atoms with Crippen molar-refractivity contribution in [3.8, 4) is 0 Å². The Balaban J connectivity index is 3.10. The van der Waals surface area contributed by atoms with Crippen molar-refractivity contribution in [2.24, 2.45) is 0 Å². The van der Waals surface area contributed by atoms with Gasteiger partial charge in [-0.25, -0.2) is 0 Å². The van der Waals surface area contributed by atoms with Gasteiger partial charge in [-0.2, -0.15) is 25.3 Å². The zero-order valence-corrected chi connectivity index (χ0v) is 12.0. The lowest BCUT2D eigenvalue weighted by Gasteiger charge is -2.03. The van der Waals surface area contributed by atoms with Gasteiger partial charge < -0.3 is 9.47 Å². The van der Waals surface area contributed by atoms with Crippen LogP contribution in [-0.2, 0) is 19.1 Å². The van der Waals surface area contributed by atoms with Gasteiger partial charge in [0.15, 0.2) is 0 Å². The first-order chi connectivity index (χ1) is 7.70. The maximum absolute atomic E-state index is 10.7. The van der Waals surface area contributed by atoms with Gasteiger partial charge in [0.1, 0.15) is 13.2 Å².